The van der Waals surface area contributed by atoms with Crippen LogP contribution < -0.4 is 0 Å². The van der Waals surface area contributed by atoms with Gasteiger partial charge in [-0.05, 0) is 5.41 Å². The molecule has 0 aromatic heterocycles. The van der Waals surface area contributed by atoms with Gasteiger partial charge in [0.25, 0.3) is 0 Å². The predicted octanol–water partition coefficient (Wildman–Crippen LogP) is 1.80. The minimum absolute atomic E-state index is 0.0852. The fraction of sp³-hybridized carbons (Fsp3) is 0.786. The molecule has 0 amide bonds. The van der Waals surface area contributed by atoms with Crippen LogP contribution in [0, 0.1) is 5.41 Å². The molecule has 6 heteroatoms. The Morgan fingerprint density at radius 2 is 2.05 bits per heavy atom. The molecular weight excluding hydrogens is 264 g/mol. The van der Waals surface area contributed by atoms with Crippen molar-refractivity contribution in [3.63, 3.8) is 0 Å². The topological polar surface area (TPSA) is 74.2 Å². The van der Waals surface area contributed by atoms with Crippen LogP contribution in [0.4, 0.5) is 0 Å². The zero-order chi connectivity index (χ0) is 15.2. The first kappa shape index (κ1) is 16.9. The van der Waals surface area contributed by atoms with Gasteiger partial charge in [0, 0.05) is 20.0 Å². The minimum atomic E-state index is -0.507. The highest BCUT2D eigenvalue weighted by molar-refractivity contribution is 5.89. The van der Waals surface area contributed by atoms with Crippen LogP contribution in [0.1, 0.15) is 26.7 Å². The lowest BCUT2D eigenvalue weighted by Crippen LogP contribution is -2.38. The van der Waals surface area contributed by atoms with Crippen LogP contribution in [0.2, 0.25) is 0 Å². The zero-order valence-electron chi connectivity index (χ0n) is 12.6. The summed E-state index contributed by atoms with van der Waals surface area (Å²) in [5, 5.41) is 9.94. The summed E-state index contributed by atoms with van der Waals surface area (Å²) in [6.45, 7) is 5.06. The van der Waals surface area contributed by atoms with E-state index in [1.54, 1.807) is 7.11 Å². The van der Waals surface area contributed by atoms with Gasteiger partial charge in [0.05, 0.1) is 32.0 Å². The molecule has 6 nitrogen and oxygen atoms in total. The van der Waals surface area contributed by atoms with Gasteiger partial charge in [-0.15, -0.1) is 0 Å². The van der Waals surface area contributed by atoms with E-state index in [1.807, 2.05) is 13.8 Å². The van der Waals surface area contributed by atoms with Crippen molar-refractivity contribution >= 4 is 5.97 Å². The van der Waals surface area contributed by atoms with Crippen molar-refractivity contribution in [2.24, 2.45) is 5.41 Å². The van der Waals surface area contributed by atoms with Gasteiger partial charge in [-0.2, -0.15) is 0 Å². The van der Waals surface area contributed by atoms with Gasteiger partial charge in [-0.1, -0.05) is 13.8 Å². The van der Waals surface area contributed by atoms with Gasteiger partial charge in [-0.3, -0.25) is 0 Å². The van der Waals surface area contributed by atoms with Crippen molar-refractivity contribution in [2.75, 3.05) is 34.2 Å². The number of carbonyl (C=O) groups excluding carboxylic acids is 1. The number of esters is 1. The highest BCUT2D eigenvalue weighted by atomic mass is 16.7. The summed E-state index contributed by atoms with van der Waals surface area (Å²) in [5.74, 6) is -0.422. The van der Waals surface area contributed by atoms with E-state index < -0.39 is 5.97 Å². The first-order valence-electron chi connectivity index (χ1n) is 6.60. The molecule has 0 fully saturated rings. The second-order valence-electron chi connectivity index (χ2n) is 5.46. The van der Waals surface area contributed by atoms with Crippen LogP contribution in [0.5, 0.6) is 0 Å². The van der Waals surface area contributed by atoms with Crippen molar-refractivity contribution in [3.05, 3.63) is 11.3 Å². The molecule has 0 aromatic rings. The quantitative estimate of drug-likeness (QED) is 0.437. The Labute approximate surface area is 119 Å². The van der Waals surface area contributed by atoms with Crippen LogP contribution in [0.25, 0.3) is 0 Å². The van der Waals surface area contributed by atoms with Crippen LogP contribution in [0.15, 0.2) is 11.3 Å². The molecule has 0 aliphatic heterocycles. The molecule has 1 N–H and O–H groups in total. The van der Waals surface area contributed by atoms with Gasteiger partial charge in [0.2, 0.25) is 0 Å². The van der Waals surface area contributed by atoms with E-state index in [9.17, 15) is 9.90 Å². The molecular formula is C14H24O6. The smallest absolute Gasteiger partial charge is 0.337 e. The lowest BCUT2D eigenvalue weighted by Gasteiger charge is -2.38. The lowest BCUT2D eigenvalue weighted by molar-refractivity contribution is -0.144. The average Bonchev–Trinajstić information content (AvgIpc) is 2.39. The van der Waals surface area contributed by atoms with Crippen LogP contribution in [-0.4, -0.2) is 51.4 Å². The molecule has 1 aliphatic rings. The number of hydrogen-bond acceptors (Lipinski definition) is 6. The molecule has 0 saturated carbocycles. The molecule has 116 valence electrons. The van der Waals surface area contributed by atoms with E-state index in [1.165, 1.54) is 7.11 Å². The van der Waals surface area contributed by atoms with Gasteiger partial charge >= 0.3 is 5.97 Å². The number of aliphatic hydroxyl groups is 1. The average molecular weight is 288 g/mol. The Balaban J connectivity index is 2.59. The fourth-order valence-electron chi connectivity index (χ4n) is 2.17. The van der Waals surface area contributed by atoms with Crippen molar-refractivity contribution in [1.29, 1.82) is 0 Å². The highest BCUT2D eigenvalue weighted by Gasteiger charge is 2.39. The van der Waals surface area contributed by atoms with E-state index >= 15 is 0 Å². The molecule has 1 rings (SSSR count). The third-order valence-electron chi connectivity index (χ3n) is 3.45. The summed E-state index contributed by atoms with van der Waals surface area (Å²) in [5.41, 5.74) is 0.0142. The molecule has 1 aliphatic carbocycles. The maximum atomic E-state index is 11.6. The van der Waals surface area contributed by atoms with Crippen molar-refractivity contribution in [3.8, 4) is 0 Å². The number of hydrogen-bond donors (Lipinski definition) is 1. The van der Waals surface area contributed by atoms with Crippen molar-refractivity contribution < 1.29 is 28.8 Å². The Morgan fingerprint density at radius 3 is 2.65 bits per heavy atom. The Hall–Kier alpha value is -1.11. The summed E-state index contributed by atoms with van der Waals surface area (Å²) in [6.07, 6.45) is 0.481. The molecule has 0 bridgehead atoms. The number of methoxy groups -OCH3 is 2. The minimum Gasteiger partial charge on any atom is -0.512 e. The largest absolute Gasteiger partial charge is 0.512 e. The Morgan fingerprint density at radius 1 is 1.35 bits per heavy atom. The second kappa shape index (κ2) is 7.61. The summed E-state index contributed by atoms with van der Waals surface area (Å²) < 4.78 is 20.5. The third-order valence-corrected chi connectivity index (χ3v) is 3.45. The van der Waals surface area contributed by atoms with Crippen LogP contribution >= 0.6 is 0 Å². The summed E-state index contributed by atoms with van der Waals surface area (Å²) in [4.78, 5) is 11.6. The number of ether oxygens (including phenoxy) is 4. The zero-order valence-corrected chi connectivity index (χ0v) is 12.6. The summed E-state index contributed by atoms with van der Waals surface area (Å²) >= 11 is 0. The monoisotopic (exact) mass is 288 g/mol. The molecule has 0 saturated heterocycles. The van der Waals surface area contributed by atoms with E-state index in [2.05, 4.69) is 4.74 Å². The number of rotatable bonds is 7. The number of aliphatic hydroxyl groups excluding tert-OH is 1. The van der Waals surface area contributed by atoms with Gasteiger partial charge in [0.15, 0.2) is 0 Å². The molecule has 1 atom stereocenters. The van der Waals surface area contributed by atoms with Crippen molar-refractivity contribution in [2.45, 2.75) is 32.8 Å². The first-order chi connectivity index (χ1) is 9.42. The third kappa shape index (κ3) is 4.47. The number of allylic oxidation sites excluding steroid dienone is 1. The highest BCUT2D eigenvalue weighted by Crippen LogP contribution is 2.40. The SMILES string of the molecule is COCCOCOC1CC(C(=O)OC)=C(O)CC1(C)C. The Bertz CT molecular complexity index is 361. The normalized spacial score (nSPS) is 21.9. The van der Waals surface area contributed by atoms with E-state index in [0.717, 1.165) is 0 Å². The standard InChI is InChI=1S/C14H24O6/c1-14(2)8-11(15)10(13(16)18-4)7-12(14)20-9-19-6-5-17-3/h12,15H,5-9H2,1-4H3. The second-order valence-corrected chi connectivity index (χ2v) is 5.46. The Kier molecular flexibility index (Phi) is 6.45. The van der Waals surface area contributed by atoms with Gasteiger partial charge < -0.3 is 24.1 Å². The van der Waals surface area contributed by atoms with Crippen LogP contribution in [0.3, 0.4) is 0 Å². The van der Waals surface area contributed by atoms with E-state index in [4.69, 9.17) is 14.2 Å². The predicted molar refractivity (Wildman–Crippen MR) is 72.3 cm³/mol. The fourth-order valence-corrected chi connectivity index (χ4v) is 2.17. The van der Waals surface area contributed by atoms with Crippen molar-refractivity contribution in [1.82, 2.24) is 0 Å². The molecule has 0 aromatic carbocycles. The van der Waals surface area contributed by atoms with Gasteiger partial charge in [0.1, 0.15) is 12.6 Å². The molecule has 1 unspecified atom stereocenters. The number of carbonyl (C=O) groups is 1. The van der Waals surface area contributed by atoms with Crippen LogP contribution in [-0.2, 0) is 23.7 Å². The maximum Gasteiger partial charge on any atom is 0.337 e. The van der Waals surface area contributed by atoms with Gasteiger partial charge in [-0.25, -0.2) is 4.79 Å². The maximum absolute atomic E-state index is 11.6. The molecule has 0 heterocycles. The van der Waals surface area contributed by atoms with E-state index in [0.29, 0.717) is 26.1 Å². The summed E-state index contributed by atoms with van der Waals surface area (Å²) in [6, 6.07) is 0. The van der Waals surface area contributed by atoms with E-state index in [-0.39, 0.29) is 29.6 Å². The molecule has 0 spiro atoms. The molecule has 0 radical (unpaired) electrons. The summed E-state index contributed by atoms with van der Waals surface area (Å²) in [7, 11) is 2.90. The molecule has 20 heavy (non-hydrogen) atoms. The first-order valence-corrected chi connectivity index (χ1v) is 6.60. The lowest BCUT2D eigenvalue weighted by atomic mass is 9.74.